The summed E-state index contributed by atoms with van der Waals surface area (Å²) in [6.45, 7) is 4.69. The molecule has 1 aliphatic rings. The fourth-order valence-corrected chi connectivity index (χ4v) is 6.47. The Morgan fingerprint density at radius 1 is 1.02 bits per heavy atom. The van der Waals surface area contributed by atoms with Gasteiger partial charge in [0, 0.05) is 41.6 Å². The fourth-order valence-electron chi connectivity index (χ4n) is 5.49. The van der Waals surface area contributed by atoms with Gasteiger partial charge in [-0.25, -0.2) is 4.98 Å². The molecule has 5 nitrogen and oxygen atoms in total. The van der Waals surface area contributed by atoms with E-state index in [9.17, 15) is 18.4 Å². The average Bonchev–Trinajstić information content (AvgIpc) is 3.52. The van der Waals surface area contributed by atoms with E-state index in [1.807, 2.05) is 65.7 Å². The molecule has 0 bridgehead atoms. The van der Waals surface area contributed by atoms with Crippen LogP contribution in [0.3, 0.4) is 0 Å². The minimum atomic E-state index is -3.05. The Bertz CT molecular complexity index is 1580. The molecular weight excluding hydrogens is 564 g/mol. The van der Waals surface area contributed by atoms with E-state index in [4.69, 9.17) is 0 Å². The van der Waals surface area contributed by atoms with Gasteiger partial charge in [0.2, 0.25) is 0 Å². The van der Waals surface area contributed by atoms with Crippen molar-refractivity contribution in [1.29, 1.82) is 0 Å². The minimum absolute atomic E-state index is 0.0192. The molecule has 1 unspecified atom stereocenters. The van der Waals surface area contributed by atoms with E-state index >= 15 is 0 Å². The number of hydrogen-bond donors (Lipinski definition) is 1. The first-order chi connectivity index (χ1) is 20.7. The lowest BCUT2D eigenvalue weighted by Gasteiger charge is -2.31. The van der Waals surface area contributed by atoms with E-state index < -0.39 is 5.92 Å². The number of carbonyl (C=O) groups excluding carboxylic acids is 2. The van der Waals surface area contributed by atoms with E-state index in [-0.39, 0.29) is 29.3 Å². The van der Waals surface area contributed by atoms with Crippen LogP contribution in [0.2, 0.25) is 0 Å². The van der Waals surface area contributed by atoms with Gasteiger partial charge in [0.05, 0.1) is 5.01 Å². The van der Waals surface area contributed by atoms with Gasteiger partial charge >= 0.3 is 0 Å². The van der Waals surface area contributed by atoms with Gasteiger partial charge in [-0.05, 0) is 61.9 Å². The van der Waals surface area contributed by atoms with Crippen molar-refractivity contribution < 1.29 is 18.4 Å². The Labute approximate surface area is 255 Å². The number of nitrogens with zero attached hydrogens (tertiary/aromatic N) is 2. The molecule has 1 atom stereocenters. The van der Waals surface area contributed by atoms with E-state index in [1.165, 1.54) is 35.1 Å². The fraction of sp³-hybridized carbons (Fsp3) is 0.286. The predicted molar refractivity (Wildman–Crippen MR) is 168 cm³/mol. The first-order valence-electron chi connectivity index (χ1n) is 14.6. The van der Waals surface area contributed by atoms with Crippen molar-refractivity contribution in [3.8, 4) is 11.1 Å². The number of benzene rings is 3. The normalized spacial score (nSPS) is 15.0. The predicted octanol–water partition coefficient (Wildman–Crippen LogP) is 7.86. The summed E-state index contributed by atoms with van der Waals surface area (Å²) >= 11 is 1.49. The Morgan fingerprint density at radius 2 is 1.70 bits per heavy atom. The molecule has 0 radical (unpaired) electrons. The Hall–Kier alpha value is -4.17. The van der Waals surface area contributed by atoms with Gasteiger partial charge in [-0.2, -0.15) is 8.78 Å². The third-order valence-electron chi connectivity index (χ3n) is 7.76. The maximum atomic E-state index is 14.3. The van der Waals surface area contributed by atoms with Crippen LogP contribution in [0.4, 0.5) is 8.78 Å². The lowest BCUT2D eigenvalue weighted by Crippen LogP contribution is -2.38. The van der Waals surface area contributed by atoms with Crippen molar-refractivity contribution in [2.45, 2.75) is 51.0 Å². The van der Waals surface area contributed by atoms with Crippen molar-refractivity contribution in [2.75, 3.05) is 13.1 Å². The van der Waals surface area contributed by atoms with Gasteiger partial charge < -0.3 is 10.2 Å². The largest absolute Gasteiger partial charge is 0.348 e. The number of alkyl halides is 2. The van der Waals surface area contributed by atoms with Gasteiger partial charge in [0.25, 0.3) is 17.7 Å². The highest BCUT2D eigenvalue weighted by Gasteiger charge is 2.29. The standard InChI is InChI=1S/C35H35F2N3O2S/c1-3-19-35(36,37)28-15-13-26(14-16-28)29-11-7-8-12-30(29)34(42)40-20-17-27(18-21-40)33-39-31(23-43-33)32(41)38-24(2)22-25-9-5-4-6-10-25/h3-16,19,23-24,27H,17-18,20-22H2,1-2H3,(H,38,41)/b19-3+. The number of carbonyl (C=O) groups is 2. The summed E-state index contributed by atoms with van der Waals surface area (Å²) in [5.41, 5.74) is 3.48. The third-order valence-corrected chi connectivity index (χ3v) is 8.77. The lowest BCUT2D eigenvalue weighted by atomic mass is 9.94. The number of hydrogen-bond acceptors (Lipinski definition) is 4. The van der Waals surface area contributed by atoms with Crippen LogP contribution in [0, 0.1) is 0 Å². The molecule has 1 N–H and O–H groups in total. The summed E-state index contributed by atoms with van der Waals surface area (Å²) in [6.07, 6.45) is 4.46. The van der Waals surface area contributed by atoms with E-state index in [2.05, 4.69) is 10.3 Å². The van der Waals surface area contributed by atoms with Crippen LogP contribution in [0.5, 0.6) is 0 Å². The molecular formula is C35H35F2N3O2S. The SMILES string of the molecule is C/C=C/C(F)(F)c1ccc(-c2ccccc2C(=O)N2CCC(c3nc(C(=O)NC(C)Cc4ccccc4)cs3)CC2)cc1. The van der Waals surface area contributed by atoms with Crippen molar-refractivity contribution in [2.24, 2.45) is 0 Å². The highest BCUT2D eigenvalue weighted by Crippen LogP contribution is 2.34. The summed E-state index contributed by atoms with van der Waals surface area (Å²) in [5, 5.41) is 5.78. The molecule has 1 saturated heterocycles. The van der Waals surface area contributed by atoms with Gasteiger partial charge in [-0.15, -0.1) is 11.3 Å². The van der Waals surface area contributed by atoms with Crippen molar-refractivity contribution in [1.82, 2.24) is 15.2 Å². The third kappa shape index (κ3) is 7.25. The molecule has 2 amide bonds. The summed E-state index contributed by atoms with van der Waals surface area (Å²) in [5.74, 6) is -3.12. The van der Waals surface area contributed by atoms with Gasteiger partial charge in [0.15, 0.2) is 0 Å². The maximum Gasteiger partial charge on any atom is 0.291 e. The molecule has 0 spiro atoms. The van der Waals surface area contributed by atoms with Crippen LogP contribution in [0.15, 0.2) is 96.4 Å². The first kappa shape index (κ1) is 30.3. The topological polar surface area (TPSA) is 62.3 Å². The Morgan fingerprint density at radius 3 is 2.40 bits per heavy atom. The Balaban J connectivity index is 1.20. The molecule has 1 aromatic heterocycles. The number of rotatable bonds is 9. The summed E-state index contributed by atoms with van der Waals surface area (Å²) < 4.78 is 28.6. The maximum absolute atomic E-state index is 14.3. The van der Waals surface area contributed by atoms with E-state index in [1.54, 1.807) is 25.1 Å². The molecule has 0 saturated carbocycles. The Kier molecular flexibility index (Phi) is 9.46. The molecule has 1 aliphatic heterocycles. The monoisotopic (exact) mass is 599 g/mol. The van der Waals surface area contributed by atoms with Crippen molar-refractivity contribution in [3.63, 3.8) is 0 Å². The smallest absolute Gasteiger partial charge is 0.291 e. The second kappa shape index (κ2) is 13.4. The molecule has 0 aliphatic carbocycles. The zero-order chi connectivity index (χ0) is 30.4. The molecule has 4 aromatic rings. The lowest BCUT2D eigenvalue weighted by molar-refractivity contribution is 0.0519. The molecule has 8 heteroatoms. The van der Waals surface area contributed by atoms with Crippen LogP contribution < -0.4 is 5.32 Å². The highest BCUT2D eigenvalue weighted by molar-refractivity contribution is 7.09. The van der Waals surface area contributed by atoms with Crippen molar-refractivity contribution in [3.05, 3.63) is 124 Å². The molecule has 2 heterocycles. The second-order valence-electron chi connectivity index (χ2n) is 10.9. The van der Waals surface area contributed by atoms with Crippen LogP contribution in [-0.4, -0.2) is 40.8 Å². The quantitative estimate of drug-likeness (QED) is 0.199. The number of aromatic nitrogens is 1. The van der Waals surface area contributed by atoms with E-state index in [0.717, 1.165) is 30.3 Å². The molecule has 1 fully saturated rings. The number of piperidine rings is 1. The van der Waals surface area contributed by atoms with Crippen molar-refractivity contribution >= 4 is 23.2 Å². The number of halogens is 2. The summed E-state index contributed by atoms with van der Waals surface area (Å²) in [4.78, 5) is 32.9. The van der Waals surface area contributed by atoms with Crippen LogP contribution in [0.25, 0.3) is 11.1 Å². The van der Waals surface area contributed by atoms with Gasteiger partial charge in [-0.3, -0.25) is 9.59 Å². The van der Waals surface area contributed by atoms with Crippen LogP contribution in [-0.2, 0) is 12.3 Å². The second-order valence-corrected chi connectivity index (χ2v) is 11.8. The van der Waals surface area contributed by atoms with Crippen LogP contribution in [0.1, 0.15) is 69.6 Å². The average molecular weight is 600 g/mol. The van der Waals surface area contributed by atoms with Gasteiger partial charge in [0.1, 0.15) is 5.69 Å². The zero-order valence-corrected chi connectivity index (χ0v) is 25.1. The molecule has 3 aromatic carbocycles. The van der Waals surface area contributed by atoms with Gasteiger partial charge in [-0.1, -0.05) is 78.9 Å². The molecule has 222 valence electrons. The number of allylic oxidation sites excluding steroid dienone is 2. The first-order valence-corrected chi connectivity index (χ1v) is 15.4. The van der Waals surface area contributed by atoms with Crippen LogP contribution >= 0.6 is 11.3 Å². The molecule has 43 heavy (non-hydrogen) atoms. The minimum Gasteiger partial charge on any atom is -0.348 e. The molecule has 5 rings (SSSR count). The number of amides is 2. The summed E-state index contributed by atoms with van der Waals surface area (Å²) in [6, 6.07) is 23.4. The number of nitrogens with one attached hydrogen (secondary N) is 1. The number of thiazole rings is 1. The highest BCUT2D eigenvalue weighted by atomic mass is 32.1. The number of likely N-dealkylation sites (tertiary alicyclic amines) is 1. The zero-order valence-electron chi connectivity index (χ0n) is 24.3. The van der Waals surface area contributed by atoms with E-state index in [0.29, 0.717) is 35.5 Å². The summed E-state index contributed by atoms with van der Waals surface area (Å²) in [7, 11) is 0.